The third-order valence-electron chi connectivity index (χ3n) is 1.58. The van der Waals surface area contributed by atoms with Gasteiger partial charge < -0.3 is 10.1 Å². The summed E-state index contributed by atoms with van der Waals surface area (Å²) >= 11 is 0. The van der Waals surface area contributed by atoms with Gasteiger partial charge in [-0.15, -0.1) is 0 Å². The van der Waals surface area contributed by atoms with Crippen molar-refractivity contribution in [2.75, 3.05) is 6.54 Å². The van der Waals surface area contributed by atoms with E-state index in [0.717, 1.165) is 19.4 Å². The first-order valence-electron chi connectivity index (χ1n) is 4.53. The minimum Gasteiger partial charge on any atom is -0.392 e. The Morgan fingerprint density at radius 3 is 2.54 bits per heavy atom. The molecule has 0 rings (SSSR count). The Morgan fingerprint density at radius 2 is 2.08 bits per heavy atom. The molecule has 0 radical (unpaired) electrons. The zero-order chi connectivity index (χ0) is 10.3. The highest BCUT2D eigenvalue weighted by atomic mass is 16.6. The van der Waals surface area contributed by atoms with Crippen LogP contribution in [0.1, 0.15) is 33.6 Å². The lowest BCUT2D eigenvalue weighted by molar-refractivity contribution is -0.159. The van der Waals surface area contributed by atoms with Gasteiger partial charge in [0.2, 0.25) is 0 Å². The zero-order valence-electron chi connectivity index (χ0n) is 8.42. The molecule has 76 valence electrons. The van der Waals surface area contributed by atoms with Crippen molar-refractivity contribution in [1.29, 1.82) is 0 Å². The van der Waals surface area contributed by atoms with E-state index in [1.54, 1.807) is 6.92 Å². The van der Waals surface area contributed by atoms with Gasteiger partial charge in [0.05, 0.1) is 0 Å². The highest BCUT2D eigenvalue weighted by Crippen LogP contribution is 1.90. The Kier molecular flexibility index (Phi) is 6.14. The smallest absolute Gasteiger partial charge is 0.330 e. The van der Waals surface area contributed by atoms with Crippen molar-refractivity contribution in [3.8, 4) is 0 Å². The van der Waals surface area contributed by atoms with Gasteiger partial charge >= 0.3 is 11.9 Å². The van der Waals surface area contributed by atoms with E-state index in [-0.39, 0.29) is 0 Å². The van der Waals surface area contributed by atoms with Crippen LogP contribution in [-0.2, 0) is 14.3 Å². The third-order valence-corrected chi connectivity index (χ3v) is 1.58. The van der Waals surface area contributed by atoms with Gasteiger partial charge in [-0.05, 0) is 19.9 Å². The average Bonchev–Trinajstić information content (AvgIpc) is 2.03. The molecule has 4 nitrogen and oxygen atoms in total. The SMILES string of the molecule is CCCCNC(C)C(=O)OC(C)=O. The first-order chi connectivity index (χ1) is 6.07. The second kappa shape index (κ2) is 6.60. The molecule has 0 bridgehead atoms. The lowest BCUT2D eigenvalue weighted by Crippen LogP contribution is -2.36. The molecule has 0 saturated carbocycles. The van der Waals surface area contributed by atoms with Crippen molar-refractivity contribution in [2.24, 2.45) is 0 Å². The lowest BCUT2D eigenvalue weighted by atomic mass is 10.3. The topological polar surface area (TPSA) is 55.4 Å². The van der Waals surface area contributed by atoms with Crippen molar-refractivity contribution in [3.05, 3.63) is 0 Å². The molecule has 0 saturated heterocycles. The van der Waals surface area contributed by atoms with Crippen LogP contribution in [0.25, 0.3) is 0 Å². The highest BCUT2D eigenvalue weighted by molar-refractivity contribution is 5.87. The normalized spacial score (nSPS) is 12.2. The summed E-state index contributed by atoms with van der Waals surface area (Å²) < 4.78 is 4.40. The van der Waals surface area contributed by atoms with Crippen LogP contribution in [0.15, 0.2) is 0 Å². The number of hydrogen-bond acceptors (Lipinski definition) is 4. The molecule has 0 amide bonds. The Hall–Kier alpha value is -0.900. The Balaban J connectivity index is 3.63. The maximum atomic E-state index is 11.0. The molecule has 0 heterocycles. The molecular weight excluding hydrogens is 170 g/mol. The van der Waals surface area contributed by atoms with Gasteiger partial charge in [-0.2, -0.15) is 0 Å². The van der Waals surface area contributed by atoms with E-state index < -0.39 is 18.0 Å². The Bertz CT molecular complexity index is 180. The fraction of sp³-hybridized carbons (Fsp3) is 0.778. The predicted molar refractivity (Wildman–Crippen MR) is 49.1 cm³/mol. The van der Waals surface area contributed by atoms with E-state index in [0.29, 0.717) is 0 Å². The first-order valence-corrected chi connectivity index (χ1v) is 4.53. The quantitative estimate of drug-likeness (QED) is 0.394. The van der Waals surface area contributed by atoms with E-state index >= 15 is 0 Å². The van der Waals surface area contributed by atoms with Crippen molar-refractivity contribution in [2.45, 2.75) is 39.7 Å². The van der Waals surface area contributed by atoms with Crippen LogP contribution in [0.3, 0.4) is 0 Å². The molecule has 0 aromatic rings. The predicted octanol–water partition coefficient (Wildman–Crippen LogP) is 0.854. The van der Waals surface area contributed by atoms with Gasteiger partial charge in [-0.25, -0.2) is 4.79 Å². The standard InChI is InChI=1S/C9H17NO3/c1-4-5-6-10-7(2)9(12)13-8(3)11/h7,10H,4-6H2,1-3H3. The molecule has 1 unspecified atom stereocenters. The number of unbranched alkanes of at least 4 members (excludes halogenated alkanes) is 1. The van der Waals surface area contributed by atoms with Gasteiger partial charge in [0.25, 0.3) is 0 Å². The Morgan fingerprint density at radius 1 is 1.46 bits per heavy atom. The molecule has 0 aliphatic rings. The second-order valence-electron chi connectivity index (χ2n) is 2.94. The summed E-state index contributed by atoms with van der Waals surface area (Å²) in [4.78, 5) is 21.5. The molecule has 0 aromatic heterocycles. The van der Waals surface area contributed by atoms with Crippen LogP contribution >= 0.6 is 0 Å². The van der Waals surface area contributed by atoms with E-state index in [2.05, 4.69) is 17.0 Å². The molecule has 0 spiro atoms. The number of hydrogen-bond donors (Lipinski definition) is 1. The third kappa shape index (κ3) is 6.28. The molecule has 13 heavy (non-hydrogen) atoms. The van der Waals surface area contributed by atoms with Crippen molar-refractivity contribution in [1.82, 2.24) is 5.32 Å². The summed E-state index contributed by atoms with van der Waals surface area (Å²) in [6.07, 6.45) is 2.08. The summed E-state index contributed by atoms with van der Waals surface area (Å²) in [5, 5.41) is 2.96. The summed E-state index contributed by atoms with van der Waals surface area (Å²) in [7, 11) is 0. The number of rotatable bonds is 5. The molecule has 1 atom stereocenters. The molecule has 0 aliphatic heterocycles. The summed E-state index contributed by atoms with van der Waals surface area (Å²) in [5.41, 5.74) is 0. The van der Waals surface area contributed by atoms with Gasteiger partial charge in [0.15, 0.2) is 0 Å². The van der Waals surface area contributed by atoms with Gasteiger partial charge in [0, 0.05) is 6.92 Å². The maximum Gasteiger partial charge on any atom is 0.330 e. The van der Waals surface area contributed by atoms with Crippen LogP contribution in [0.5, 0.6) is 0 Å². The van der Waals surface area contributed by atoms with Crippen LogP contribution in [0, 0.1) is 0 Å². The zero-order valence-corrected chi connectivity index (χ0v) is 8.42. The highest BCUT2D eigenvalue weighted by Gasteiger charge is 2.14. The molecule has 4 heteroatoms. The van der Waals surface area contributed by atoms with E-state index in [1.165, 1.54) is 6.92 Å². The van der Waals surface area contributed by atoms with Crippen LogP contribution in [-0.4, -0.2) is 24.5 Å². The number of ether oxygens (including phenoxy) is 1. The van der Waals surface area contributed by atoms with Crippen LogP contribution in [0.4, 0.5) is 0 Å². The maximum absolute atomic E-state index is 11.0. The van der Waals surface area contributed by atoms with Gasteiger partial charge in [-0.3, -0.25) is 4.79 Å². The van der Waals surface area contributed by atoms with Gasteiger partial charge in [0.1, 0.15) is 6.04 Å². The molecule has 0 aromatic carbocycles. The second-order valence-corrected chi connectivity index (χ2v) is 2.94. The van der Waals surface area contributed by atoms with Crippen LogP contribution < -0.4 is 5.32 Å². The van der Waals surface area contributed by atoms with E-state index in [9.17, 15) is 9.59 Å². The van der Waals surface area contributed by atoms with E-state index in [4.69, 9.17) is 0 Å². The number of esters is 2. The number of nitrogens with one attached hydrogen (secondary N) is 1. The van der Waals surface area contributed by atoms with Crippen LogP contribution in [0.2, 0.25) is 0 Å². The fourth-order valence-corrected chi connectivity index (χ4v) is 0.809. The van der Waals surface area contributed by atoms with Gasteiger partial charge in [-0.1, -0.05) is 13.3 Å². The summed E-state index contributed by atoms with van der Waals surface area (Å²) in [6, 6.07) is -0.407. The van der Waals surface area contributed by atoms with Crippen molar-refractivity contribution < 1.29 is 14.3 Å². The van der Waals surface area contributed by atoms with Crippen molar-refractivity contribution in [3.63, 3.8) is 0 Å². The average molecular weight is 187 g/mol. The first kappa shape index (κ1) is 12.1. The molecule has 0 aliphatic carbocycles. The van der Waals surface area contributed by atoms with E-state index in [1.807, 2.05) is 0 Å². The monoisotopic (exact) mass is 187 g/mol. The summed E-state index contributed by atoms with van der Waals surface area (Å²) in [5.74, 6) is -1.07. The molecule has 0 fully saturated rings. The largest absolute Gasteiger partial charge is 0.392 e. The minimum absolute atomic E-state index is 0.407. The number of carbonyl (C=O) groups is 2. The molecule has 1 N–H and O–H groups in total. The summed E-state index contributed by atoms with van der Waals surface area (Å²) in [6.45, 7) is 5.74. The Labute approximate surface area is 78.6 Å². The molecular formula is C9H17NO3. The fourth-order valence-electron chi connectivity index (χ4n) is 0.809. The number of carbonyl (C=O) groups excluding carboxylic acids is 2. The lowest BCUT2D eigenvalue weighted by Gasteiger charge is -2.10. The van der Waals surface area contributed by atoms with Crippen molar-refractivity contribution >= 4 is 11.9 Å². The minimum atomic E-state index is -0.561.